The fourth-order valence-corrected chi connectivity index (χ4v) is 6.77. The number of likely N-dealkylation sites (N-methyl/N-ethyl adjacent to an activating group) is 1. The molecule has 0 aliphatic carbocycles. The number of aromatic nitrogens is 3. The van der Waals surface area contributed by atoms with Gasteiger partial charge in [-0.25, -0.2) is 13.8 Å². The van der Waals surface area contributed by atoms with Crippen molar-refractivity contribution < 1.29 is 26.7 Å². The molecule has 226 valence electrons. The van der Waals surface area contributed by atoms with E-state index in [2.05, 4.69) is 19.9 Å². The Bertz CT molecular complexity index is 1940. The van der Waals surface area contributed by atoms with Crippen molar-refractivity contribution >= 4 is 49.0 Å². The number of methoxy groups -OCH3 is 1. The fourth-order valence-electron chi connectivity index (χ4n) is 5.82. The zero-order valence-corrected chi connectivity index (χ0v) is 24.2. The molecule has 14 heteroatoms. The van der Waals surface area contributed by atoms with Crippen LogP contribution in [0.25, 0.3) is 32.1 Å². The number of fused-ring (bicyclic) bond motifs is 2. The number of nitriles is 1. The van der Waals surface area contributed by atoms with E-state index in [4.69, 9.17) is 10.5 Å². The minimum absolute atomic E-state index is 0.0833. The highest BCUT2D eigenvalue weighted by atomic mass is 32.1. The number of halogens is 5. The number of nitrogens with two attached hydrogens (primary N) is 1. The highest BCUT2D eigenvalue weighted by Crippen LogP contribution is 2.48. The van der Waals surface area contributed by atoms with Crippen LogP contribution in [0.5, 0.6) is 6.01 Å². The normalized spacial score (nSPS) is 15.2. The molecule has 3 aromatic heterocycles. The quantitative estimate of drug-likeness (QED) is 0.206. The van der Waals surface area contributed by atoms with Crippen LogP contribution in [-0.2, 0) is 6.18 Å². The predicted molar refractivity (Wildman–Crippen MR) is 159 cm³/mol. The summed E-state index contributed by atoms with van der Waals surface area (Å²) in [6.45, 7) is 3.34. The van der Waals surface area contributed by atoms with Crippen LogP contribution >= 0.6 is 11.3 Å². The minimum Gasteiger partial charge on any atom is -0.467 e. The number of nitrogens with zero attached hydrogens (tertiary/aromatic N) is 6. The molecule has 0 amide bonds. The van der Waals surface area contributed by atoms with Gasteiger partial charge in [0.2, 0.25) is 0 Å². The third-order valence-corrected chi connectivity index (χ3v) is 8.80. The van der Waals surface area contributed by atoms with E-state index >= 15 is 4.39 Å². The highest BCUT2D eigenvalue weighted by Gasteiger charge is 2.39. The number of rotatable bonds is 6. The first-order valence-electron chi connectivity index (χ1n) is 13.6. The molecule has 1 fully saturated rings. The third kappa shape index (κ3) is 4.77. The zero-order chi connectivity index (χ0) is 31.3. The monoisotopic (exact) mass is 625 g/mol. The molecule has 4 heterocycles. The van der Waals surface area contributed by atoms with Gasteiger partial charge in [0.05, 0.1) is 22.9 Å². The molecule has 44 heavy (non-hydrogen) atoms. The summed E-state index contributed by atoms with van der Waals surface area (Å²) in [5.74, 6) is -1.25. The number of ether oxygens (including phenoxy) is 1. The first-order valence-corrected chi connectivity index (χ1v) is 14.4. The van der Waals surface area contributed by atoms with Crippen molar-refractivity contribution in [2.75, 3.05) is 42.3 Å². The van der Waals surface area contributed by atoms with Crippen LogP contribution in [0, 0.1) is 23.0 Å². The molecule has 6 rings (SSSR count). The largest absolute Gasteiger partial charge is 0.467 e. The summed E-state index contributed by atoms with van der Waals surface area (Å²) >= 11 is 0.705. The van der Waals surface area contributed by atoms with E-state index in [0.29, 0.717) is 37.4 Å². The van der Waals surface area contributed by atoms with Gasteiger partial charge in [-0.05, 0) is 43.2 Å². The van der Waals surface area contributed by atoms with E-state index in [1.54, 1.807) is 12.3 Å². The van der Waals surface area contributed by atoms with Gasteiger partial charge >= 0.3 is 12.2 Å². The minimum atomic E-state index is -5.04. The van der Waals surface area contributed by atoms with Gasteiger partial charge in [-0.15, -0.1) is 11.3 Å². The lowest BCUT2D eigenvalue weighted by Gasteiger charge is -2.30. The van der Waals surface area contributed by atoms with Crippen molar-refractivity contribution in [3.63, 3.8) is 0 Å². The number of alkyl halides is 3. The fraction of sp³-hybridized carbons (Fsp3) is 0.267. The summed E-state index contributed by atoms with van der Waals surface area (Å²) in [5, 5.41) is 9.26. The van der Waals surface area contributed by atoms with Gasteiger partial charge in [-0.1, -0.05) is 12.1 Å². The molecule has 2 N–H and O–H groups in total. The maximum Gasteiger partial charge on any atom is 0.417 e. The molecule has 0 bridgehead atoms. The number of nitrogen functional groups attached to an aromatic ring is 1. The van der Waals surface area contributed by atoms with E-state index in [1.807, 2.05) is 30.0 Å². The van der Waals surface area contributed by atoms with Gasteiger partial charge in [-0.2, -0.15) is 28.4 Å². The molecule has 1 aliphatic rings. The maximum atomic E-state index is 16.7. The Balaban J connectivity index is 1.59. The molecule has 2 aromatic carbocycles. The number of hydrogen-bond acceptors (Lipinski definition) is 9. The molecule has 5 aromatic rings. The number of anilines is 3. The molecule has 1 aliphatic heterocycles. The Kier molecular flexibility index (Phi) is 7.36. The Morgan fingerprint density at radius 2 is 2.00 bits per heavy atom. The van der Waals surface area contributed by atoms with Crippen LogP contribution in [0.1, 0.15) is 24.5 Å². The lowest BCUT2D eigenvalue weighted by molar-refractivity contribution is -0.137. The van der Waals surface area contributed by atoms with E-state index in [1.165, 1.54) is 7.11 Å². The average Bonchev–Trinajstić information content (AvgIpc) is 3.63. The summed E-state index contributed by atoms with van der Waals surface area (Å²) in [6.07, 6.45) is -2.72. The van der Waals surface area contributed by atoms with Gasteiger partial charge in [0, 0.05) is 48.2 Å². The average molecular weight is 626 g/mol. The second-order valence-electron chi connectivity index (χ2n) is 10.2. The maximum absolute atomic E-state index is 16.7. The van der Waals surface area contributed by atoms with E-state index in [-0.39, 0.29) is 49.5 Å². The van der Waals surface area contributed by atoms with E-state index in [9.17, 15) is 22.8 Å². The Morgan fingerprint density at radius 1 is 1.20 bits per heavy atom. The standard InChI is InChI=1S/C30H24F5N7OS/c1-3-42(15-9-11-41(14-15)21-6-4-5-10-38-21)28-17-12-19(30(33,34)35)23(24(32)25(17)39-29(40-28)43-2)16-7-8-20(31)26-22(16)18(13-36)27(37)44-26/h4-8,10,12,15H,3,9,11,14,37H2,1-2H3. The summed E-state index contributed by atoms with van der Waals surface area (Å²) in [7, 11) is 1.28. The lowest BCUT2D eigenvalue weighted by Crippen LogP contribution is -2.38. The zero-order valence-electron chi connectivity index (χ0n) is 23.4. The van der Waals surface area contributed by atoms with Crippen LogP contribution in [0.15, 0.2) is 42.6 Å². The number of hydrogen-bond donors (Lipinski definition) is 1. The topological polar surface area (TPSA) is 104 Å². The van der Waals surface area contributed by atoms with Gasteiger partial charge < -0.3 is 20.3 Å². The Morgan fingerprint density at radius 3 is 2.66 bits per heavy atom. The van der Waals surface area contributed by atoms with Gasteiger partial charge in [-0.3, -0.25) is 0 Å². The van der Waals surface area contributed by atoms with Crippen molar-refractivity contribution in [2.24, 2.45) is 0 Å². The molecule has 1 saturated heterocycles. The summed E-state index contributed by atoms with van der Waals surface area (Å²) in [6, 6.07) is 9.70. The van der Waals surface area contributed by atoms with Crippen molar-refractivity contribution in [2.45, 2.75) is 25.6 Å². The van der Waals surface area contributed by atoms with Crippen molar-refractivity contribution in [1.82, 2.24) is 15.0 Å². The smallest absolute Gasteiger partial charge is 0.417 e. The van der Waals surface area contributed by atoms with E-state index < -0.39 is 34.5 Å². The van der Waals surface area contributed by atoms with Crippen molar-refractivity contribution in [1.29, 1.82) is 5.26 Å². The number of benzene rings is 2. The van der Waals surface area contributed by atoms with Crippen LogP contribution < -0.4 is 20.3 Å². The Labute approximate surface area is 252 Å². The predicted octanol–water partition coefficient (Wildman–Crippen LogP) is 6.77. The lowest BCUT2D eigenvalue weighted by atomic mass is 9.92. The molecule has 0 spiro atoms. The molecule has 0 radical (unpaired) electrons. The van der Waals surface area contributed by atoms with Crippen LogP contribution in [0.4, 0.5) is 38.6 Å². The van der Waals surface area contributed by atoms with Gasteiger partial charge in [0.1, 0.15) is 34.0 Å². The van der Waals surface area contributed by atoms with Crippen molar-refractivity contribution in [3.8, 4) is 23.2 Å². The van der Waals surface area contributed by atoms with Crippen LogP contribution in [0.3, 0.4) is 0 Å². The van der Waals surface area contributed by atoms with Crippen LogP contribution in [-0.4, -0.2) is 47.7 Å². The third-order valence-electron chi connectivity index (χ3n) is 7.77. The van der Waals surface area contributed by atoms with Gasteiger partial charge in [0.15, 0.2) is 5.82 Å². The molecule has 1 atom stereocenters. The first kappa shape index (κ1) is 29.3. The molecule has 0 saturated carbocycles. The molecular weight excluding hydrogens is 601 g/mol. The second-order valence-corrected chi connectivity index (χ2v) is 11.2. The molecule has 1 unspecified atom stereocenters. The number of thiophene rings is 1. The summed E-state index contributed by atoms with van der Waals surface area (Å²) in [4.78, 5) is 16.8. The van der Waals surface area contributed by atoms with Gasteiger partial charge in [0.25, 0.3) is 0 Å². The summed E-state index contributed by atoms with van der Waals surface area (Å²) < 4.78 is 80.9. The Hall–Kier alpha value is -4.77. The van der Waals surface area contributed by atoms with E-state index in [0.717, 1.165) is 24.0 Å². The second kappa shape index (κ2) is 11.1. The SMILES string of the molecule is CCN(c1nc(OC)nc2c(F)c(-c3ccc(F)c4sc(N)c(C#N)c34)c(C(F)(F)F)cc12)C1CCN(c2ccccn2)C1. The van der Waals surface area contributed by atoms with Crippen LogP contribution in [0.2, 0.25) is 0 Å². The first-order chi connectivity index (χ1) is 21.1. The molecule has 8 nitrogen and oxygen atoms in total. The summed E-state index contributed by atoms with van der Waals surface area (Å²) in [5.41, 5.74) is 2.74. The number of pyridine rings is 1. The molecular formula is C30H24F5N7OS. The van der Waals surface area contributed by atoms with Crippen molar-refractivity contribution in [3.05, 3.63) is 65.4 Å². The highest BCUT2D eigenvalue weighted by molar-refractivity contribution is 7.23.